The number of rotatable bonds is 7. The monoisotopic (exact) mass is 477 g/mol. The minimum absolute atomic E-state index is 0.0898. The number of sulfonamides is 1. The zero-order chi connectivity index (χ0) is 24.3. The van der Waals surface area contributed by atoms with Gasteiger partial charge >= 0.3 is 0 Å². The van der Waals surface area contributed by atoms with Crippen molar-refractivity contribution in [1.82, 2.24) is 0 Å². The zero-order valence-electron chi connectivity index (χ0n) is 19.2. The lowest BCUT2D eigenvalue weighted by atomic mass is 10.1. The average Bonchev–Trinajstić information content (AvgIpc) is 3.23. The van der Waals surface area contributed by atoms with Crippen LogP contribution < -0.4 is 14.5 Å². The van der Waals surface area contributed by atoms with E-state index < -0.39 is 15.9 Å². The molecule has 1 fully saturated rings. The second-order valence-electron chi connectivity index (χ2n) is 8.41. The van der Waals surface area contributed by atoms with Crippen LogP contribution in [0.1, 0.15) is 24.0 Å². The smallest absolute Gasteiger partial charge is 0.264 e. The molecule has 0 aromatic heterocycles. The van der Waals surface area contributed by atoms with Crippen LogP contribution in [0.15, 0.2) is 77.7 Å². The molecule has 8 heteroatoms. The van der Waals surface area contributed by atoms with Crippen molar-refractivity contribution in [1.29, 1.82) is 0 Å². The molecule has 1 saturated heterocycles. The maximum Gasteiger partial charge on any atom is 0.264 e. The topological polar surface area (TPSA) is 86.8 Å². The highest BCUT2D eigenvalue weighted by Gasteiger charge is 2.27. The number of nitrogens with zero attached hydrogens (tertiary/aromatic N) is 2. The molecule has 0 bridgehead atoms. The van der Waals surface area contributed by atoms with Gasteiger partial charge in [0.05, 0.1) is 10.6 Å². The highest BCUT2D eigenvalue weighted by Crippen LogP contribution is 2.27. The first-order chi connectivity index (χ1) is 16.2. The van der Waals surface area contributed by atoms with E-state index in [4.69, 9.17) is 0 Å². The van der Waals surface area contributed by atoms with Crippen LogP contribution in [0.3, 0.4) is 0 Å². The third-order valence-corrected chi connectivity index (χ3v) is 7.44. The standard InChI is InChI=1S/C26H27N3O4S/c1-19-15-20(2)17-23(16-19)29(34(32,33)24-7-4-3-5-8-24)18-25(30)27-21-10-12-22(13-11-21)28-14-6-9-26(28)31/h3-5,7-8,10-13,15-17H,6,9,14,18H2,1-2H3,(H,27,30). The van der Waals surface area contributed by atoms with E-state index in [1.165, 1.54) is 12.1 Å². The second kappa shape index (κ2) is 9.69. The van der Waals surface area contributed by atoms with Gasteiger partial charge in [-0.05, 0) is 79.9 Å². The largest absolute Gasteiger partial charge is 0.325 e. The van der Waals surface area contributed by atoms with Gasteiger partial charge in [-0.15, -0.1) is 0 Å². The highest BCUT2D eigenvalue weighted by molar-refractivity contribution is 7.92. The highest BCUT2D eigenvalue weighted by atomic mass is 32.2. The normalized spacial score (nSPS) is 13.7. The average molecular weight is 478 g/mol. The molecular weight excluding hydrogens is 450 g/mol. The van der Waals surface area contributed by atoms with E-state index >= 15 is 0 Å². The Labute approximate surface area is 200 Å². The summed E-state index contributed by atoms with van der Waals surface area (Å²) in [6, 6.07) is 20.5. The van der Waals surface area contributed by atoms with Gasteiger partial charge in [0.2, 0.25) is 11.8 Å². The summed E-state index contributed by atoms with van der Waals surface area (Å²) in [6.45, 7) is 4.08. The quantitative estimate of drug-likeness (QED) is 0.551. The van der Waals surface area contributed by atoms with Crippen LogP contribution in [0.25, 0.3) is 0 Å². The fraction of sp³-hybridized carbons (Fsp3) is 0.231. The van der Waals surface area contributed by atoms with E-state index in [9.17, 15) is 18.0 Å². The summed E-state index contributed by atoms with van der Waals surface area (Å²) >= 11 is 0. The maximum atomic E-state index is 13.5. The number of carbonyl (C=O) groups is 2. The molecule has 4 rings (SSSR count). The van der Waals surface area contributed by atoms with E-state index in [1.54, 1.807) is 59.5 Å². The Balaban J connectivity index is 1.57. The fourth-order valence-electron chi connectivity index (χ4n) is 4.11. The third-order valence-electron chi connectivity index (χ3n) is 5.65. The van der Waals surface area contributed by atoms with Gasteiger partial charge in [0.1, 0.15) is 6.54 Å². The van der Waals surface area contributed by atoms with Crippen molar-refractivity contribution in [2.75, 3.05) is 27.6 Å². The number of amides is 2. The first-order valence-corrected chi connectivity index (χ1v) is 12.5. The first-order valence-electron chi connectivity index (χ1n) is 11.1. The molecule has 2 amide bonds. The molecule has 1 aliphatic heterocycles. The molecule has 1 heterocycles. The number of hydrogen-bond donors (Lipinski definition) is 1. The van der Waals surface area contributed by atoms with Gasteiger partial charge < -0.3 is 10.2 Å². The van der Waals surface area contributed by atoms with Gasteiger partial charge in [-0.25, -0.2) is 8.42 Å². The van der Waals surface area contributed by atoms with E-state index in [0.29, 0.717) is 24.3 Å². The minimum Gasteiger partial charge on any atom is -0.325 e. The van der Waals surface area contributed by atoms with Crippen molar-refractivity contribution >= 4 is 38.9 Å². The van der Waals surface area contributed by atoms with Gasteiger partial charge in [-0.2, -0.15) is 0 Å². The van der Waals surface area contributed by atoms with E-state index in [2.05, 4.69) is 5.32 Å². The number of benzene rings is 3. The molecule has 34 heavy (non-hydrogen) atoms. The van der Waals surface area contributed by atoms with Crippen LogP contribution in [-0.2, 0) is 19.6 Å². The summed E-state index contributed by atoms with van der Waals surface area (Å²) in [7, 11) is -3.97. The molecule has 3 aromatic carbocycles. The van der Waals surface area contributed by atoms with Crippen molar-refractivity contribution in [3.05, 3.63) is 83.9 Å². The van der Waals surface area contributed by atoms with E-state index in [1.807, 2.05) is 19.9 Å². The van der Waals surface area contributed by atoms with E-state index in [0.717, 1.165) is 27.5 Å². The number of carbonyl (C=O) groups excluding carboxylic acids is 2. The Morgan fingerprint density at radius 3 is 2.21 bits per heavy atom. The van der Waals surface area contributed by atoms with Gasteiger partial charge in [0.15, 0.2) is 0 Å². The van der Waals surface area contributed by atoms with E-state index in [-0.39, 0.29) is 17.3 Å². The molecule has 3 aromatic rings. The van der Waals surface area contributed by atoms with Gasteiger partial charge in [0, 0.05) is 24.3 Å². The molecule has 0 saturated carbocycles. The Bertz CT molecular complexity index is 1290. The predicted molar refractivity (Wildman–Crippen MR) is 134 cm³/mol. The third kappa shape index (κ3) is 5.12. The molecule has 1 aliphatic rings. The second-order valence-corrected chi connectivity index (χ2v) is 10.3. The van der Waals surface area contributed by atoms with Crippen LogP contribution >= 0.6 is 0 Å². The number of anilines is 3. The lowest BCUT2D eigenvalue weighted by molar-refractivity contribution is -0.117. The van der Waals surface area contributed by atoms with Gasteiger partial charge in [-0.1, -0.05) is 24.3 Å². The summed E-state index contributed by atoms with van der Waals surface area (Å²) in [6.07, 6.45) is 1.38. The maximum absolute atomic E-state index is 13.5. The summed E-state index contributed by atoms with van der Waals surface area (Å²) in [5.41, 5.74) is 3.53. The molecule has 176 valence electrons. The Hall–Kier alpha value is -3.65. The predicted octanol–water partition coefficient (Wildman–Crippen LogP) is 4.26. The molecule has 0 atom stereocenters. The van der Waals surface area contributed by atoms with Crippen LogP contribution in [-0.4, -0.2) is 33.3 Å². The molecule has 1 N–H and O–H groups in total. The number of aryl methyl sites for hydroxylation is 2. The molecule has 0 spiro atoms. The van der Waals surface area contributed by atoms with Crippen LogP contribution in [0.5, 0.6) is 0 Å². The molecule has 0 aliphatic carbocycles. The summed E-state index contributed by atoms with van der Waals surface area (Å²) in [5, 5.41) is 2.78. The zero-order valence-corrected chi connectivity index (χ0v) is 20.0. The molecular formula is C26H27N3O4S. The Morgan fingerprint density at radius 1 is 0.971 bits per heavy atom. The van der Waals surface area contributed by atoms with Crippen molar-refractivity contribution in [2.24, 2.45) is 0 Å². The fourth-order valence-corrected chi connectivity index (χ4v) is 5.53. The number of hydrogen-bond acceptors (Lipinski definition) is 4. The Kier molecular flexibility index (Phi) is 6.70. The summed E-state index contributed by atoms with van der Waals surface area (Å²) in [5.74, 6) is -0.379. The molecule has 0 radical (unpaired) electrons. The lowest BCUT2D eigenvalue weighted by Gasteiger charge is -2.25. The van der Waals surface area contributed by atoms with Crippen molar-refractivity contribution in [3.8, 4) is 0 Å². The van der Waals surface area contributed by atoms with Gasteiger partial charge in [-0.3, -0.25) is 13.9 Å². The van der Waals surface area contributed by atoms with Crippen molar-refractivity contribution < 1.29 is 18.0 Å². The summed E-state index contributed by atoms with van der Waals surface area (Å²) in [4.78, 5) is 26.7. The van der Waals surface area contributed by atoms with Crippen molar-refractivity contribution in [3.63, 3.8) is 0 Å². The van der Waals surface area contributed by atoms with Crippen LogP contribution in [0.2, 0.25) is 0 Å². The molecule has 0 unspecified atom stereocenters. The minimum atomic E-state index is -3.97. The SMILES string of the molecule is Cc1cc(C)cc(N(CC(=O)Nc2ccc(N3CCCC3=O)cc2)S(=O)(=O)c2ccccc2)c1. The lowest BCUT2D eigenvalue weighted by Crippen LogP contribution is -2.38. The summed E-state index contributed by atoms with van der Waals surface area (Å²) < 4.78 is 28.1. The van der Waals surface area contributed by atoms with Crippen molar-refractivity contribution in [2.45, 2.75) is 31.6 Å². The van der Waals surface area contributed by atoms with Gasteiger partial charge in [0.25, 0.3) is 10.0 Å². The Morgan fingerprint density at radius 2 is 1.62 bits per heavy atom. The number of nitrogens with one attached hydrogen (secondary N) is 1. The van der Waals surface area contributed by atoms with Crippen LogP contribution in [0.4, 0.5) is 17.1 Å². The molecule has 7 nitrogen and oxygen atoms in total. The van der Waals surface area contributed by atoms with Crippen LogP contribution in [0, 0.1) is 13.8 Å². The first kappa shape index (κ1) is 23.5.